The Morgan fingerprint density at radius 1 is 0.897 bits per heavy atom. The molecule has 0 aliphatic heterocycles. The maximum absolute atomic E-state index is 13.8. The molecule has 2 amide bonds. The van der Waals surface area contributed by atoms with Crippen LogP contribution in [0.1, 0.15) is 21.0 Å². The number of benzene rings is 2. The highest BCUT2D eigenvalue weighted by Gasteiger charge is 2.17. The zero-order valence-corrected chi connectivity index (χ0v) is 14.7. The van der Waals surface area contributed by atoms with Crippen molar-refractivity contribution >= 4 is 22.6 Å². The smallest absolute Gasteiger partial charge is 0.305 e. The number of amides is 2. The van der Waals surface area contributed by atoms with E-state index in [0.717, 1.165) is 0 Å². The third-order valence-corrected chi connectivity index (χ3v) is 4.17. The molecule has 3 N–H and O–H groups in total. The van der Waals surface area contributed by atoms with Crippen molar-refractivity contribution in [2.45, 2.75) is 0 Å². The van der Waals surface area contributed by atoms with Crippen LogP contribution in [0.3, 0.4) is 0 Å². The molecular formula is C20H13FN4O4. The van der Waals surface area contributed by atoms with Gasteiger partial charge in [0.15, 0.2) is 11.5 Å². The van der Waals surface area contributed by atoms with Crippen molar-refractivity contribution in [1.29, 1.82) is 0 Å². The van der Waals surface area contributed by atoms with E-state index in [-0.39, 0.29) is 22.8 Å². The summed E-state index contributed by atoms with van der Waals surface area (Å²) in [6, 6.07) is 15.2. The van der Waals surface area contributed by atoms with Crippen molar-refractivity contribution in [1.82, 2.24) is 21.0 Å². The van der Waals surface area contributed by atoms with Gasteiger partial charge in [0.2, 0.25) is 0 Å². The number of hydrogen-bond acceptors (Lipinski definition) is 5. The van der Waals surface area contributed by atoms with Crippen LogP contribution in [0.4, 0.5) is 4.39 Å². The Morgan fingerprint density at radius 3 is 2.38 bits per heavy atom. The molecule has 4 rings (SSSR count). The number of nitrogens with one attached hydrogen (secondary N) is 3. The van der Waals surface area contributed by atoms with Crippen molar-refractivity contribution in [3.05, 3.63) is 88.3 Å². The second-order valence-corrected chi connectivity index (χ2v) is 6.00. The summed E-state index contributed by atoms with van der Waals surface area (Å²) >= 11 is 0. The number of rotatable bonds is 3. The number of furan rings is 1. The zero-order valence-electron chi connectivity index (χ0n) is 14.7. The molecule has 0 radical (unpaired) electrons. The first-order valence-corrected chi connectivity index (χ1v) is 8.47. The Bertz CT molecular complexity index is 1290. The zero-order chi connectivity index (χ0) is 20.4. The highest BCUT2D eigenvalue weighted by Crippen LogP contribution is 2.24. The molecule has 0 unspecified atom stereocenters. The maximum atomic E-state index is 13.8. The molecule has 2 heterocycles. The van der Waals surface area contributed by atoms with Gasteiger partial charge in [0, 0.05) is 5.39 Å². The minimum Gasteiger partial charge on any atom is -0.451 e. The lowest BCUT2D eigenvalue weighted by atomic mass is 10.1. The Morgan fingerprint density at radius 2 is 1.59 bits per heavy atom. The fraction of sp³-hybridized carbons (Fsp3) is 0. The van der Waals surface area contributed by atoms with Gasteiger partial charge in [-0.2, -0.15) is 5.10 Å². The van der Waals surface area contributed by atoms with Gasteiger partial charge in [0.1, 0.15) is 11.6 Å². The summed E-state index contributed by atoms with van der Waals surface area (Å²) in [6.45, 7) is 0. The van der Waals surface area contributed by atoms with Gasteiger partial charge < -0.3 is 4.42 Å². The van der Waals surface area contributed by atoms with E-state index < -0.39 is 23.2 Å². The molecule has 2 aromatic heterocycles. The second kappa shape index (κ2) is 7.39. The number of aromatic amines is 1. The minimum absolute atomic E-state index is 0.0630. The van der Waals surface area contributed by atoms with E-state index in [2.05, 4.69) is 21.0 Å². The lowest BCUT2D eigenvalue weighted by Gasteiger charge is -2.07. The van der Waals surface area contributed by atoms with E-state index in [1.807, 2.05) is 0 Å². The largest absolute Gasteiger partial charge is 0.451 e. The van der Waals surface area contributed by atoms with Gasteiger partial charge in [-0.05, 0) is 30.3 Å². The fourth-order valence-electron chi connectivity index (χ4n) is 2.79. The highest BCUT2D eigenvalue weighted by molar-refractivity contribution is 6.05. The highest BCUT2D eigenvalue weighted by atomic mass is 19.1. The number of halogens is 1. The second-order valence-electron chi connectivity index (χ2n) is 6.00. The Balaban J connectivity index is 1.50. The summed E-state index contributed by atoms with van der Waals surface area (Å²) in [5.41, 5.74) is 4.12. The molecule has 4 aromatic rings. The third kappa shape index (κ3) is 3.48. The van der Waals surface area contributed by atoms with Gasteiger partial charge >= 0.3 is 5.91 Å². The predicted molar refractivity (Wildman–Crippen MR) is 101 cm³/mol. The molecule has 0 spiro atoms. The summed E-state index contributed by atoms with van der Waals surface area (Å²) in [5, 5.41) is 6.61. The molecule has 2 aromatic carbocycles. The molecule has 9 heteroatoms. The lowest BCUT2D eigenvalue weighted by molar-refractivity contribution is 0.0829. The topological polar surface area (TPSA) is 117 Å². The lowest BCUT2D eigenvalue weighted by Crippen LogP contribution is -2.42. The first-order valence-electron chi connectivity index (χ1n) is 8.47. The Hall–Kier alpha value is -4.27. The van der Waals surface area contributed by atoms with Gasteiger partial charge in [-0.15, -0.1) is 0 Å². The molecule has 0 aliphatic carbocycles. The van der Waals surface area contributed by atoms with Crippen molar-refractivity contribution in [2.24, 2.45) is 0 Å². The van der Waals surface area contributed by atoms with Crippen LogP contribution in [0, 0.1) is 5.82 Å². The molecule has 0 saturated heterocycles. The van der Waals surface area contributed by atoms with Gasteiger partial charge in [0.05, 0.1) is 10.9 Å². The van der Waals surface area contributed by atoms with Gasteiger partial charge in [-0.3, -0.25) is 25.2 Å². The van der Waals surface area contributed by atoms with Crippen LogP contribution in [-0.2, 0) is 0 Å². The molecule has 0 aliphatic rings. The maximum Gasteiger partial charge on any atom is 0.305 e. The summed E-state index contributed by atoms with van der Waals surface area (Å²) in [7, 11) is 0. The van der Waals surface area contributed by atoms with E-state index in [9.17, 15) is 18.8 Å². The summed E-state index contributed by atoms with van der Waals surface area (Å²) in [6.07, 6.45) is 0. The SMILES string of the molecule is O=C(NNC(=O)c1n[nH]c(=O)c2ccccc12)c1ccc(-c2ccccc2F)o1. The number of aromatic nitrogens is 2. The average molecular weight is 392 g/mol. The van der Waals surface area contributed by atoms with Crippen LogP contribution in [-0.4, -0.2) is 22.0 Å². The number of H-pyrrole nitrogens is 1. The molecule has 8 nitrogen and oxygen atoms in total. The van der Waals surface area contributed by atoms with E-state index in [4.69, 9.17) is 4.42 Å². The van der Waals surface area contributed by atoms with Crippen LogP contribution in [0.15, 0.2) is 69.9 Å². The molecule has 0 fully saturated rings. The van der Waals surface area contributed by atoms with Crippen LogP contribution in [0.25, 0.3) is 22.1 Å². The Kier molecular flexibility index (Phi) is 4.62. The summed E-state index contributed by atoms with van der Waals surface area (Å²) in [4.78, 5) is 36.4. The number of carbonyl (C=O) groups is 2. The number of hydrazine groups is 1. The first kappa shape index (κ1) is 18.1. The van der Waals surface area contributed by atoms with Crippen molar-refractivity contribution in [3.8, 4) is 11.3 Å². The van der Waals surface area contributed by atoms with E-state index in [0.29, 0.717) is 10.8 Å². The van der Waals surface area contributed by atoms with Crippen molar-refractivity contribution < 1.29 is 18.4 Å². The van der Waals surface area contributed by atoms with Gasteiger partial charge in [-0.25, -0.2) is 9.49 Å². The summed E-state index contributed by atoms with van der Waals surface area (Å²) in [5.74, 6) is -1.91. The van der Waals surface area contributed by atoms with Crippen LogP contribution < -0.4 is 16.4 Å². The number of hydrogen-bond donors (Lipinski definition) is 3. The number of nitrogens with zero attached hydrogens (tertiary/aromatic N) is 1. The fourth-order valence-corrected chi connectivity index (χ4v) is 2.79. The van der Waals surface area contributed by atoms with E-state index in [1.54, 1.807) is 36.4 Å². The predicted octanol–water partition coefficient (Wildman–Crippen LogP) is 2.40. The van der Waals surface area contributed by atoms with Gasteiger partial charge in [0.25, 0.3) is 11.5 Å². The molecule has 144 valence electrons. The molecule has 29 heavy (non-hydrogen) atoms. The molecule has 0 atom stereocenters. The number of carbonyl (C=O) groups excluding carboxylic acids is 2. The normalized spacial score (nSPS) is 10.7. The van der Waals surface area contributed by atoms with Crippen LogP contribution >= 0.6 is 0 Å². The summed E-state index contributed by atoms with van der Waals surface area (Å²) < 4.78 is 19.2. The first-order chi connectivity index (χ1) is 14.0. The van der Waals surface area contributed by atoms with E-state index in [1.165, 1.54) is 24.3 Å². The Labute approximate surface area is 162 Å². The number of fused-ring (bicyclic) bond motifs is 1. The van der Waals surface area contributed by atoms with Gasteiger partial charge in [-0.1, -0.05) is 30.3 Å². The molecule has 0 bridgehead atoms. The standard InChI is InChI=1S/C20H13FN4O4/c21-14-8-4-3-7-13(14)15-9-10-16(29-15)19(27)24-25-20(28)17-11-5-1-2-6-12(11)18(26)23-22-17/h1-10H,(H,23,26)(H,24,27)(H,25,28). The quantitative estimate of drug-likeness (QED) is 0.463. The minimum atomic E-state index is -0.741. The van der Waals surface area contributed by atoms with Crippen LogP contribution in [0.2, 0.25) is 0 Å². The molecular weight excluding hydrogens is 379 g/mol. The third-order valence-electron chi connectivity index (χ3n) is 4.17. The molecule has 0 saturated carbocycles. The van der Waals surface area contributed by atoms with Crippen molar-refractivity contribution in [3.63, 3.8) is 0 Å². The monoisotopic (exact) mass is 392 g/mol. The average Bonchev–Trinajstić information content (AvgIpc) is 3.23. The van der Waals surface area contributed by atoms with Crippen molar-refractivity contribution in [2.75, 3.05) is 0 Å². The van der Waals surface area contributed by atoms with Crippen LogP contribution in [0.5, 0.6) is 0 Å². The van der Waals surface area contributed by atoms with E-state index >= 15 is 0 Å².